The molecule has 0 radical (unpaired) electrons. The number of fused-ring (bicyclic) bond motifs is 1. The average Bonchev–Trinajstić information content (AvgIpc) is 2.69. The van der Waals surface area contributed by atoms with Crippen molar-refractivity contribution in [3.8, 4) is 16.9 Å². The maximum absolute atomic E-state index is 11.1. The fourth-order valence-electron chi connectivity index (χ4n) is 4.14. The summed E-state index contributed by atoms with van der Waals surface area (Å²) >= 11 is 0. The molecule has 0 spiro atoms. The number of aliphatic carboxylic acids is 1. The highest BCUT2D eigenvalue weighted by Gasteiger charge is 2.33. The molecule has 4 nitrogen and oxygen atoms in total. The van der Waals surface area contributed by atoms with Gasteiger partial charge in [0, 0.05) is 24.3 Å². The van der Waals surface area contributed by atoms with Crippen LogP contribution in [-0.2, 0) is 11.2 Å². The van der Waals surface area contributed by atoms with Crippen LogP contribution in [0.2, 0.25) is 0 Å². The SMILES string of the molecule is Cc1cc2c(c(-c3cccc(N4CC(C(=O)O)C4)c3)c1)CCCC(C)(C)O2. The van der Waals surface area contributed by atoms with Crippen LogP contribution in [0.4, 0.5) is 5.69 Å². The van der Waals surface area contributed by atoms with Gasteiger partial charge in [0.05, 0.1) is 5.92 Å². The molecule has 0 atom stereocenters. The summed E-state index contributed by atoms with van der Waals surface area (Å²) in [4.78, 5) is 13.2. The first-order valence-electron chi connectivity index (χ1n) is 9.73. The largest absolute Gasteiger partial charge is 0.488 e. The summed E-state index contributed by atoms with van der Waals surface area (Å²) in [6, 6.07) is 12.9. The molecule has 2 aliphatic heterocycles. The number of rotatable bonds is 3. The van der Waals surface area contributed by atoms with Crippen LogP contribution < -0.4 is 9.64 Å². The van der Waals surface area contributed by atoms with Gasteiger partial charge in [-0.15, -0.1) is 0 Å². The number of ether oxygens (including phenoxy) is 1. The summed E-state index contributed by atoms with van der Waals surface area (Å²) in [6.45, 7) is 7.60. The summed E-state index contributed by atoms with van der Waals surface area (Å²) in [5, 5.41) is 9.12. The molecule has 0 saturated carbocycles. The van der Waals surface area contributed by atoms with Crippen molar-refractivity contribution in [2.75, 3.05) is 18.0 Å². The third kappa shape index (κ3) is 3.53. The zero-order valence-electron chi connectivity index (χ0n) is 16.3. The smallest absolute Gasteiger partial charge is 0.310 e. The van der Waals surface area contributed by atoms with Crippen LogP contribution in [0, 0.1) is 12.8 Å². The number of anilines is 1. The monoisotopic (exact) mass is 365 g/mol. The minimum Gasteiger partial charge on any atom is -0.488 e. The summed E-state index contributed by atoms with van der Waals surface area (Å²) in [6.07, 6.45) is 3.18. The Hall–Kier alpha value is -2.49. The van der Waals surface area contributed by atoms with E-state index >= 15 is 0 Å². The Morgan fingerprint density at radius 3 is 2.74 bits per heavy atom. The van der Waals surface area contributed by atoms with Crippen LogP contribution in [0.25, 0.3) is 11.1 Å². The van der Waals surface area contributed by atoms with Gasteiger partial charge in [0.2, 0.25) is 0 Å². The number of carboxylic acids is 1. The Bertz CT molecular complexity index is 881. The lowest BCUT2D eigenvalue weighted by atomic mass is 9.92. The number of carbonyl (C=O) groups is 1. The molecule has 1 fully saturated rings. The van der Waals surface area contributed by atoms with Crippen molar-refractivity contribution in [1.29, 1.82) is 0 Å². The van der Waals surface area contributed by atoms with Crippen LogP contribution in [0.3, 0.4) is 0 Å². The fraction of sp³-hybridized carbons (Fsp3) is 0.435. The Kier molecular flexibility index (Phi) is 4.37. The summed E-state index contributed by atoms with van der Waals surface area (Å²) < 4.78 is 6.36. The minimum atomic E-state index is -0.703. The van der Waals surface area contributed by atoms with Gasteiger partial charge in [-0.25, -0.2) is 0 Å². The molecule has 0 amide bonds. The fourth-order valence-corrected chi connectivity index (χ4v) is 4.14. The quantitative estimate of drug-likeness (QED) is 0.858. The van der Waals surface area contributed by atoms with Gasteiger partial charge < -0.3 is 14.7 Å². The highest BCUT2D eigenvalue weighted by atomic mass is 16.5. The number of carboxylic acid groups (broad SMARTS) is 1. The van der Waals surface area contributed by atoms with Gasteiger partial charge in [-0.3, -0.25) is 4.79 Å². The molecule has 4 rings (SSSR count). The van der Waals surface area contributed by atoms with Crippen LogP contribution in [0.5, 0.6) is 5.75 Å². The van der Waals surface area contributed by atoms with Crippen molar-refractivity contribution >= 4 is 11.7 Å². The van der Waals surface area contributed by atoms with Crippen molar-refractivity contribution in [3.05, 3.63) is 47.5 Å². The van der Waals surface area contributed by atoms with Crippen molar-refractivity contribution in [1.82, 2.24) is 0 Å². The molecule has 0 bridgehead atoms. The van der Waals surface area contributed by atoms with Crippen LogP contribution >= 0.6 is 0 Å². The Balaban J connectivity index is 1.69. The van der Waals surface area contributed by atoms with E-state index in [1.807, 2.05) is 0 Å². The summed E-state index contributed by atoms with van der Waals surface area (Å²) in [5.41, 5.74) is 5.85. The molecular formula is C23H27NO3. The highest BCUT2D eigenvalue weighted by molar-refractivity contribution is 5.77. The lowest BCUT2D eigenvalue weighted by Gasteiger charge is -2.38. The zero-order valence-corrected chi connectivity index (χ0v) is 16.3. The van der Waals surface area contributed by atoms with E-state index in [0.717, 1.165) is 30.7 Å². The minimum absolute atomic E-state index is 0.137. The van der Waals surface area contributed by atoms with E-state index in [0.29, 0.717) is 13.1 Å². The zero-order chi connectivity index (χ0) is 19.2. The highest BCUT2D eigenvalue weighted by Crippen LogP contribution is 2.40. The molecule has 0 aromatic heterocycles. The van der Waals surface area contributed by atoms with Crippen molar-refractivity contribution < 1.29 is 14.6 Å². The Morgan fingerprint density at radius 1 is 1.22 bits per heavy atom. The number of hydrogen-bond acceptors (Lipinski definition) is 3. The van der Waals surface area contributed by atoms with Gasteiger partial charge in [-0.1, -0.05) is 18.2 Å². The van der Waals surface area contributed by atoms with Crippen LogP contribution in [0.15, 0.2) is 36.4 Å². The van der Waals surface area contributed by atoms with Gasteiger partial charge in [0.15, 0.2) is 0 Å². The topological polar surface area (TPSA) is 49.8 Å². The van der Waals surface area contributed by atoms with Crippen LogP contribution in [0.1, 0.15) is 37.8 Å². The lowest BCUT2D eigenvalue weighted by molar-refractivity contribution is -0.142. The van der Waals surface area contributed by atoms with E-state index in [9.17, 15) is 4.79 Å². The molecule has 27 heavy (non-hydrogen) atoms. The molecule has 2 aromatic rings. The molecule has 0 aliphatic carbocycles. The third-order valence-corrected chi connectivity index (χ3v) is 5.70. The standard InChI is InChI=1S/C23H27NO3/c1-15-10-20(19-8-5-9-23(2,3)27-21(19)11-15)16-6-4-7-18(12-16)24-13-17(14-24)22(25)26/h4,6-7,10-12,17H,5,8-9,13-14H2,1-3H3,(H,25,26). The summed E-state index contributed by atoms with van der Waals surface area (Å²) in [7, 11) is 0. The molecule has 1 N–H and O–H groups in total. The van der Waals surface area contributed by atoms with Gasteiger partial charge in [-0.2, -0.15) is 0 Å². The molecule has 1 saturated heterocycles. The average molecular weight is 365 g/mol. The van der Waals surface area contributed by atoms with E-state index in [4.69, 9.17) is 9.84 Å². The first-order valence-corrected chi connectivity index (χ1v) is 9.73. The maximum Gasteiger partial charge on any atom is 0.310 e. The van der Waals surface area contributed by atoms with Gasteiger partial charge in [0.1, 0.15) is 11.4 Å². The van der Waals surface area contributed by atoms with E-state index < -0.39 is 5.97 Å². The third-order valence-electron chi connectivity index (χ3n) is 5.70. The molecule has 2 aromatic carbocycles. The second-order valence-corrected chi connectivity index (χ2v) is 8.49. The van der Waals surface area contributed by atoms with Gasteiger partial charge in [0.25, 0.3) is 0 Å². The first kappa shape index (κ1) is 17.9. The summed E-state index contributed by atoms with van der Waals surface area (Å²) in [5.74, 6) is 0.0542. The number of aryl methyl sites for hydroxylation is 1. The Morgan fingerprint density at radius 2 is 2.00 bits per heavy atom. The number of benzene rings is 2. The van der Waals surface area contributed by atoms with Gasteiger partial charge in [-0.05, 0) is 74.9 Å². The number of hydrogen-bond donors (Lipinski definition) is 1. The van der Waals surface area contributed by atoms with Crippen molar-refractivity contribution in [2.24, 2.45) is 5.92 Å². The molecule has 4 heteroatoms. The normalized spacial score (nSPS) is 18.9. The Labute approximate surface area is 160 Å². The van der Waals surface area contributed by atoms with E-state index in [1.165, 1.54) is 22.3 Å². The number of nitrogens with zero attached hydrogens (tertiary/aromatic N) is 1. The molecule has 2 heterocycles. The second-order valence-electron chi connectivity index (χ2n) is 8.49. The predicted octanol–water partition coefficient (Wildman–Crippen LogP) is 4.68. The maximum atomic E-state index is 11.1. The molecule has 2 aliphatic rings. The van der Waals surface area contributed by atoms with E-state index in [2.05, 4.69) is 62.1 Å². The first-order chi connectivity index (χ1) is 12.8. The molecule has 142 valence electrons. The van der Waals surface area contributed by atoms with Crippen molar-refractivity contribution in [2.45, 2.75) is 45.6 Å². The van der Waals surface area contributed by atoms with E-state index in [-0.39, 0.29) is 11.5 Å². The molecule has 0 unspecified atom stereocenters. The van der Waals surface area contributed by atoms with E-state index in [1.54, 1.807) is 0 Å². The lowest BCUT2D eigenvalue weighted by Crippen LogP contribution is -2.50. The second kappa shape index (κ2) is 6.59. The van der Waals surface area contributed by atoms with Crippen molar-refractivity contribution in [3.63, 3.8) is 0 Å². The predicted molar refractivity (Wildman–Crippen MR) is 108 cm³/mol. The molecular weight excluding hydrogens is 338 g/mol. The van der Waals surface area contributed by atoms with Crippen LogP contribution in [-0.4, -0.2) is 29.8 Å². The van der Waals surface area contributed by atoms with Gasteiger partial charge >= 0.3 is 5.97 Å².